The molecule has 29 heavy (non-hydrogen) atoms. The van der Waals surface area contributed by atoms with Crippen LogP contribution in [0.25, 0.3) is 10.2 Å². The Bertz CT molecular complexity index is 1210. The second kappa shape index (κ2) is 7.73. The van der Waals surface area contributed by atoms with Gasteiger partial charge >= 0.3 is 11.4 Å². The van der Waals surface area contributed by atoms with E-state index in [1.807, 2.05) is 6.92 Å². The molecule has 11 heteroatoms. The number of aryl methyl sites for hydroxylation is 1. The Morgan fingerprint density at radius 3 is 2.66 bits per heavy atom. The molecule has 4 rings (SSSR count). The van der Waals surface area contributed by atoms with E-state index in [9.17, 15) is 14.4 Å². The van der Waals surface area contributed by atoms with E-state index in [4.69, 9.17) is 9.47 Å². The summed E-state index contributed by atoms with van der Waals surface area (Å²) < 4.78 is 14.7. The normalized spacial score (nSPS) is 19.0. The molecule has 0 amide bonds. The Balaban J connectivity index is 1.89. The molecule has 0 atom stereocenters. The first-order chi connectivity index (χ1) is 14.0. The lowest BCUT2D eigenvalue weighted by Crippen LogP contribution is -2.47. The van der Waals surface area contributed by atoms with Crippen LogP contribution in [0.3, 0.4) is 0 Å². The van der Waals surface area contributed by atoms with Gasteiger partial charge in [-0.2, -0.15) is 5.10 Å². The van der Waals surface area contributed by atoms with Crippen molar-refractivity contribution in [3.05, 3.63) is 48.1 Å². The number of methoxy groups -OCH3 is 2. The van der Waals surface area contributed by atoms with Crippen LogP contribution >= 0.6 is 11.3 Å². The number of H-pyrrole nitrogens is 1. The Morgan fingerprint density at radius 2 is 2.03 bits per heavy atom. The van der Waals surface area contributed by atoms with Gasteiger partial charge in [-0.05, 0) is 25.3 Å². The van der Waals surface area contributed by atoms with Gasteiger partial charge < -0.3 is 9.47 Å². The molecular formula is C18H23N5O5S. The lowest BCUT2D eigenvalue weighted by atomic mass is 9.89. The number of hydrogen-bond acceptors (Lipinski definition) is 7. The van der Waals surface area contributed by atoms with Crippen molar-refractivity contribution in [2.24, 2.45) is 0 Å². The van der Waals surface area contributed by atoms with Gasteiger partial charge in [0, 0.05) is 25.1 Å². The number of thiophene rings is 1. The van der Waals surface area contributed by atoms with Crippen molar-refractivity contribution in [2.75, 3.05) is 20.8 Å². The van der Waals surface area contributed by atoms with Gasteiger partial charge in [0.1, 0.15) is 11.2 Å². The van der Waals surface area contributed by atoms with E-state index < -0.39 is 0 Å². The van der Waals surface area contributed by atoms with Gasteiger partial charge in [0.2, 0.25) is 0 Å². The largest absolute Gasteiger partial charge is 0.383 e. The Morgan fingerprint density at radius 1 is 1.28 bits per heavy atom. The summed E-state index contributed by atoms with van der Waals surface area (Å²) in [6.07, 6.45) is 2.68. The summed E-state index contributed by atoms with van der Waals surface area (Å²) in [6, 6.07) is -0.171. The molecule has 0 radical (unpaired) electrons. The lowest BCUT2D eigenvalue weighted by Gasteiger charge is -2.35. The van der Waals surface area contributed by atoms with Crippen LogP contribution in [0.5, 0.6) is 0 Å². The first-order valence-electron chi connectivity index (χ1n) is 9.35. The minimum Gasteiger partial charge on any atom is -0.383 e. The van der Waals surface area contributed by atoms with Crippen LogP contribution in [0, 0.1) is 6.92 Å². The fraction of sp³-hybridized carbons (Fsp3) is 0.556. The number of ether oxygens (including phenoxy) is 2. The highest BCUT2D eigenvalue weighted by Gasteiger charge is 2.34. The van der Waals surface area contributed by atoms with Crippen LogP contribution in [0.4, 0.5) is 0 Å². The highest BCUT2D eigenvalue weighted by Crippen LogP contribution is 2.34. The third-order valence-corrected chi connectivity index (χ3v) is 6.84. The van der Waals surface area contributed by atoms with Gasteiger partial charge in [-0.1, -0.05) is 0 Å². The van der Waals surface area contributed by atoms with Crippen LogP contribution in [-0.2, 0) is 22.6 Å². The molecule has 1 aliphatic carbocycles. The van der Waals surface area contributed by atoms with Gasteiger partial charge in [-0.15, -0.1) is 11.3 Å². The first-order valence-corrected chi connectivity index (χ1v) is 10.2. The number of fused-ring (bicyclic) bond motifs is 1. The molecule has 3 heterocycles. The molecule has 0 bridgehead atoms. The topological polar surface area (TPSA) is 113 Å². The van der Waals surface area contributed by atoms with Gasteiger partial charge in [0.25, 0.3) is 5.56 Å². The number of nitrogens with one attached hydrogen (secondary N) is 1. The molecule has 1 fully saturated rings. The third kappa shape index (κ3) is 3.28. The van der Waals surface area contributed by atoms with Crippen molar-refractivity contribution in [1.82, 2.24) is 23.9 Å². The highest BCUT2D eigenvalue weighted by molar-refractivity contribution is 7.18. The first kappa shape index (κ1) is 19.8. The predicted molar refractivity (Wildman–Crippen MR) is 108 cm³/mol. The van der Waals surface area contributed by atoms with Crippen LogP contribution in [0.2, 0.25) is 0 Å². The summed E-state index contributed by atoms with van der Waals surface area (Å²) in [6.45, 7) is 2.78. The molecule has 0 aromatic carbocycles. The number of nitrogens with zero attached hydrogens (tertiary/aromatic N) is 4. The van der Waals surface area contributed by atoms with E-state index in [-0.39, 0.29) is 35.6 Å². The molecule has 1 saturated carbocycles. The second-order valence-corrected chi connectivity index (χ2v) is 8.25. The molecule has 0 saturated heterocycles. The summed E-state index contributed by atoms with van der Waals surface area (Å²) in [5.41, 5.74) is -0.167. The van der Waals surface area contributed by atoms with E-state index in [1.54, 1.807) is 18.8 Å². The molecule has 0 spiro atoms. The van der Waals surface area contributed by atoms with Crippen molar-refractivity contribution in [3.8, 4) is 0 Å². The van der Waals surface area contributed by atoms with E-state index in [0.717, 1.165) is 10.4 Å². The summed E-state index contributed by atoms with van der Waals surface area (Å²) in [7, 11) is 3.21. The lowest BCUT2D eigenvalue weighted by molar-refractivity contribution is 0.00357. The zero-order valence-electron chi connectivity index (χ0n) is 16.5. The Kier molecular flexibility index (Phi) is 5.28. The van der Waals surface area contributed by atoms with E-state index in [2.05, 4.69) is 10.1 Å². The second-order valence-electron chi connectivity index (χ2n) is 7.17. The third-order valence-electron chi connectivity index (χ3n) is 5.54. The summed E-state index contributed by atoms with van der Waals surface area (Å²) in [5, 5.41) is 4.51. The maximum atomic E-state index is 13.3. The van der Waals surface area contributed by atoms with E-state index in [0.29, 0.717) is 36.2 Å². The van der Waals surface area contributed by atoms with Gasteiger partial charge in [0.15, 0.2) is 0 Å². The van der Waals surface area contributed by atoms with Crippen LogP contribution in [-0.4, -0.2) is 50.8 Å². The fourth-order valence-corrected chi connectivity index (χ4v) is 5.03. The molecule has 0 aliphatic heterocycles. The quantitative estimate of drug-likeness (QED) is 0.593. The van der Waals surface area contributed by atoms with Gasteiger partial charge in [0.05, 0.1) is 31.2 Å². The Labute approximate surface area is 169 Å². The molecule has 3 aromatic rings. The number of aromatic amines is 1. The summed E-state index contributed by atoms with van der Waals surface area (Å²) in [4.78, 5) is 42.2. The van der Waals surface area contributed by atoms with Crippen LogP contribution in [0.1, 0.15) is 29.3 Å². The number of hydrogen-bond donors (Lipinski definition) is 1. The average molecular weight is 421 g/mol. The van der Waals surface area contributed by atoms with Gasteiger partial charge in [-0.25, -0.2) is 14.3 Å². The van der Waals surface area contributed by atoms with Crippen molar-refractivity contribution in [1.29, 1.82) is 0 Å². The standard InChI is InChI=1S/C18H23N5O5S/c1-10-13(8-22-17(25)19-9-20-22)29-16-14(10)15(24)23(11-6-12(7-11)28-3)18(26)21(16)4-5-27-2/h9,11-12H,4-8H2,1-3H3,(H,19,20,25). The van der Waals surface area contributed by atoms with Crippen molar-refractivity contribution in [3.63, 3.8) is 0 Å². The summed E-state index contributed by atoms with van der Waals surface area (Å²) in [5.74, 6) is 0. The van der Waals surface area contributed by atoms with E-state index >= 15 is 0 Å². The minimum absolute atomic E-state index is 0.0695. The molecule has 10 nitrogen and oxygen atoms in total. The van der Waals surface area contributed by atoms with Crippen LogP contribution < -0.4 is 16.9 Å². The zero-order valence-corrected chi connectivity index (χ0v) is 17.3. The molecule has 156 valence electrons. The molecule has 1 aliphatic rings. The van der Waals surface area contributed by atoms with Crippen molar-refractivity contribution in [2.45, 2.75) is 45.0 Å². The van der Waals surface area contributed by atoms with Gasteiger partial charge in [-0.3, -0.25) is 18.9 Å². The maximum Gasteiger partial charge on any atom is 0.343 e. The zero-order chi connectivity index (χ0) is 20.7. The molecular weight excluding hydrogens is 398 g/mol. The fourth-order valence-electron chi connectivity index (χ4n) is 3.73. The van der Waals surface area contributed by atoms with E-state index in [1.165, 1.54) is 26.9 Å². The monoisotopic (exact) mass is 421 g/mol. The Hall–Kier alpha value is -2.50. The SMILES string of the molecule is COCCn1c(=O)n(C2CC(OC)C2)c(=O)c2c(C)c(Cn3nc[nH]c3=O)sc21. The van der Waals surface area contributed by atoms with Crippen LogP contribution in [0.15, 0.2) is 20.7 Å². The van der Waals surface area contributed by atoms with Crippen molar-refractivity contribution >= 4 is 21.6 Å². The molecule has 1 N–H and O–H groups in total. The van der Waals surface area contributed by atoms with Crippen molar-refractivity contribution < 1.29 is 9.47 Å². The maximum absolute atomic E-state index is 13.3. The average Bonchev–Trinajstić information content (AvgIpc) is 3.21. The number of aromatic nitrogens is 5. The predicted octanol–water partition coefficient (Wildman–Crippen LogP) is 0.463. The smallest absolute Gasteiger partial charge is 0.343 e. The number of rotatable bonds is 7. The minimum atomic E-state index is -0.330. The summed E-state index contributed by atoms with van der Waals surface area (Å²) >= 11 is 1.34. The highest BCUT2D eigenvalue weighted by atomic mass is 32.1. The molecule has 0 unspecified atom stereocenters. The molecule has 3 aromatic heterocycles.